The molecule has 19 heavy (non-hydrogen) atoms. The van der Waals surface area contributed by atoms with Gasteiger partial charge in [-0.25, -0.2) is 9.82 Å². The fraction of sp³-hybridized carbons (Fsp3) is 0.0769. The van der Waals surface area contributed by atoms with Crippen molar-refractivity contribution in [2.45, 2.75) is 6.04 Å². The van der Waals surface area contributed by atoms with Crippen molar-refractivity contribution in [3.63, 3.8) is 0 Å². The zero-order valence-electron chi connectivity index (χ0n) is 9.63. The van der Waals surface area contributed by atoms with Gasteiger partial charge in [-0.05, 0) is 45.3 Å². The molecule has 0 aliphatic heterocycles. The van der Waals surface area contributed by atoms with Crippen LogP contribution in [0.3, 0.4) is 0 Å². The molecular weight excluding hydrogens is 354 g/mol. The van der Waals surface area contributed by atoms with Gasteiger partial charge < -0.3 is 0 Å². The largest absolute Gasteiger partial charge is 0.271 e. The molecular formula is C13H10BrCl2FN2. The van der Waals surface area contributed by atoms with E-state index in [0.29, 0.717) is 14.5 Å². The van der Waals surface area contributed by atoms with Gasteiger partial charge in [0.1, 0.15) is 5.82 Å². The van der Waals surface area contributed by atoms with Crippen molar-refractivity contribution >= 4 is 39.1 Å². The van der Waals surface area contributed by atoms with Crippen LogP contribution in [0.5, 0.6) is 0 Å². The Labute approximate surface area is 128 Å². The lowest BCUT2D eigenvalue weighted by Crippen LogP contribution is -2.29. The van der Waals surface area contributed by atoms with E-state index in [1.807, 2.05) is 6.07 Å². The summed E-state index contributed by atoms with van der Waals surface area (Å²) < 4.78 is 13.6. The van der Waals surface area contributed by atoms with Gasteiger partial charge in [0.15, 0.2) is 0 Å². The zero-order valence-corrected chi connectivity index (χ0v) is 12.7. The Morgan fingerprint density at radius 3 is 2.58 bits per heavy atom. The minimum absolute atomic E-state index is 0.336. The quantitative estimate of drug-likeness (QED) is 0.624. The molecule has 0 spiro atoms. The molecule has 3 N–H and O–H groups in total. The molecule has 0 bridgehead atoms. The summed E-state index contributed by atoms with van der Waals surface area (Å²) in [5.74, 6) is 5.25. The minimum atomic E-state index is -0.372. The van der Waals surface area contributed by atoms with Gasteiger partial charge in [-0.2, -0.15) is 0 Å². The summed E-state index contributed by atoms with van der Waals surface area (Å²) in [5.41, 5.74) is 4.17. The number of benzene rings is 2. The average Bonchev–Trinajstić information content (AvgIpc) is 2.39. The maximum atomic E-state index is 13.3. The Balaban J connectivity index is 2.50. The van der Waals surface area contributed by atoms with E-state index in [-0.39, 0.29) is 11.9 Å². The van der Waals surface area contributed by atoms with Crippen LogP contribution in [0.1, 0.15) is 17.2 Å². The van der Waals surface area contributed by atoms with E-state index in [1.165, 1.54) is 6.07 Å². The summed E-state index contributed by atoms with van der Waals surface area (Å²) in [6.07, 6.45) is 0. The SMILES string of the molecule is NNC(c1ccc(F)c(Br)c1)c1cccc(Cl)c1Cl. The molecule has 2 aromatic carbocycles. The molecule has 0 aliphatic carbocycles. The highest BCUT2D eigenvalue weighted by atomic mass is 79.9. The first kappa shape index (κ1) is 14.8. The molecule has 0 saturated carbocycles. The Morgan fingerprint density at radius 2 is 1.95 bits per heavy atom. The van der Waals surface area contributed by atoms with E-state index in [2.05, 4.69) is 21.4 Å². The van der Waals surface area contributed by atoms with E-state index in [4.69, 9.17) is 29.0 Å². The molecule has 2 nitrogen and oxygen atoms in total. The second-order valence-electron chi connectivity index (χ2n) is 3.92. The Morgan fingerprint density at radius 1 is 1.21 bits per heavy atom. The standard InChI is InChI=1S/C13H10BrCl2FN2/c14-9-6-7(4-5-11(9)17)13(19-18)8-2-1-3-10(15)12(8)16/h1-6,13,19H,18H2. The van der Waals surface area contributed by atoms with Gasteiger partial charge in [-0.3, -0.25) is 5.84 Å². The summed E-state index contributed by atoms with van der Waals surface area (Å²) >= 11 is 15.3. The predicted octanol–water partition coefficient (Wildman–Crippen LogP) is 4.45. The van der Waals surface area contributed by atoms with Crippen LogP contribution in [0.4, 0.5) is 4.39 Å². The Bertz CT molecular complexity index is 607. The van der Waals surface area contributed by atoms with E-state index < -0.39 is 0 Å². The number of nitrogens with one attached hydrogen (secondary N) is 1. The van der Waals surface area contributed by atoms with Crippen LogP contribution in [0, 0.1) is 5.82 Å². The lowest BCUT2D eigenvalue weighted by atomic mass is 9.99. The molecule has 1 atom stereocenters. The van der Waals surface area contributed by atoms with Crippen LogP contribution in [-0.2, 0) is 0 Å². The first-order valence-electron chi connectivity index (χ1n) is 5.39. The van der Waals surface area contributed by atoms with Gasteiger partial charge in [-0.1, -0.05) is 41.4 Å². The van der Waals surface area contributed by atoms with Crippen molar-refractivity contribution in [1.82, 2.24) is 5.43 Å². The molecule has 0 fully saturated rings. The Kier molecular flexibility index (Phi) is 4.81. The fourth-order valence-electron chi connectivity index (χ4n) is 1.80. The third-order valence-electron chi connectivity index (χ3n) is 2.74. The van der Waals surface area contributed by atoms with E-state index in [0.717, 1.165) is 11.1 Å². The summed E-state index contributed by atoms with van der Waals surface area (Å²) in [6.45, 7) is 0. The highest BCUT2D eigenvalue weighted by Crippen LogP contribution is 2.33. The summed E-state index contributed by atoms with van der Waals surface area (Å²) in [4.78, 5) is 0. The van der Waals surface area contributed by atoms with Gasteiger partial charge in [0.05, 0.1) is 20.6 Å². The number of rotatable bonds is 3. The predicted molar refractivity (Wildman–Crippen MR) is 79.7 cm³/mol. The molecule has 0 aromatic heterocycles. The highest BCUT2D eigenvalue weighted by molar-refractivity contribution is 9.10. The molecule has 100 valence electrons. The van der Waals surface area contributed by atoms with Crippen LogP contribution in [-0.4, -0.2) is 0 Å². The summed E-state index contributed by atoms with van der Waals surface area (Å²) in [7, 11) is 0. The highest BCUT2D eigenvalue weighted by Gasteiger charge is 2.18. The van der Waals surface area contributed by atoms with Crippen molar-refractivity contribution < 1.29 is 4.39 Å². The molecule has 1 unspecified atom stereocenters. The van der Waals surface area contributed by atoms with Gasteiger partial charge >= 0.3 is 0 Å². The number of nitrogens with two attached hydrogens (primary N) is 1. The second kappa shape index (κ2) is 6.20. The Hall–Kier alpha value is -0.650. The maximum Gasteiger partial charge on any atom is 0.137 e. The minimum Gasteiger partial charge on any atom is -0.271 e. The van der Waals surface area contributed by atoms with Crippen molar-refractivity contribution in [1.29, 1.82) is 0 Å². The van der Waals surface area contributed by atoms with Crippen LogP contribution in [0.2, 0.25) is 10.0 Å². The lowest BCUT2D eigenvalue weighted by molar-refractivity contribution is 0.610. The van der Waals surface area contributed by atoms with Crippen LogP contribution < -0.4 is 11.3 Å². The van der Waals surface area contributed by atoms with Gasteiger partial charge in [0.25, 0.3) is 0 Å². The second-order valence-corrected chi connectivity index (χ2v) is 5.56. The maximum absolute atomic E-state index is 13.3. The molecule has 2 aromatic rings. The molecule has 0 amide bonds. The first-order chi connectivity index (χ1) is 9.04. The molecule has 2 rings (SSSR count). The molecule has 0 heterocycles. The van der Waals surface area contributed by atoms with Crippen LogP contribution in [0.15, 0.2) is 40.9 Å². The van der Waals surface area contributed by atoms with Gasteiger partial charge in [-0.15, -0.1) is 0 Å². The number of hydrogen-bond acceptors (Lipinski definition) is 2. The van der Waals surface area contributed by atoms with Crippen molar-refractivity contribution in [2.75, 3.05) is 0 Å². The van der Waals surface area contributed by atoms with Crippen molar-refractivity contribution in [2.24, 2.45) is 5.84 Å². The van der Waals surface area contributed by atoms with Gasteiger partial charge in [0, 0.05) is 0 Å². The number of hydrogen-bond donors (Lipinski definition) is 2. The molecule has 6 heteroatoms. The zero-order chi connectivity index (χ0) is 14.0. The smallest absolute Gasteiger partial charge is 0.137 e. The lowest BCUT2D eigenvalue weighted by Gasteiger charge is -2.19. The number of hydrazine groups is 1. The molecule has 0 saturated heterocycles. The average molecular weight is 364 g/mol. The molecule has 0 aliphatic rings. The number of halogens is 4. The third kappa shape index (κ3) is 3.09. The van der Waals surface area contributed by atoms with E-state index in [9.17, 15) is 4.39 Å². The molecule has 0 radical (unpaired) electrons. The first-order valence-corrected chi connectivity index (χ1v) is 6.94. The summed E-state index contributed by atoms with van der Waals surface area (Å²) in [5, 5.41) is 0.869. The van der Waals surface area contributed by atoms with E-state index in [1.54, 1.807) is 24.3 Å². The van der Waals surface area contributed by atoms with Crippen LogP contribution >= 0.6 is 39.1 Å². The van der Waals surface area contributed by atoms with Crippen LogP contribution in [0.25, 0.3) is 0 Å². The normalized spacial score (nSPS) is 12.5. The summed E-state index contributed by atoms with van der Waals surface area (Å²) in [6, 6.07) is 9.58. The monoisotopic (exact) mass is 362 g/mol. The van der Waals surface area contributed by atoms with Gasteiger partial charge in [0.2, 0.25) is 0 Å². The fourth-order valence-corrected chi connectivity index (χ4v) is 2.61. The van der Waals surface area contributed by atoms with E-state index >= 15 is 0 Å². The topological polar surface area (TPSA) is 38.0 Å². The van der Waals surface area contributed by atoms with Crippen molar-refractivity contribution in [3.05, 3.63) is 67.9 Å². The van der Waals surface area contributed by atoms with Crippen molar-refractivity contribution in [3.8, 4) is 0 Å². The third-order valence-corrected chi connectivity index (χ3v) is 4.18.